The number of nitrogens with zero attached hydrogens (tertiary/aromatic N) is 2. The summed E-state index contributed by atoms with van der Waals surface area (Å²) in [4.78, 5) is 16.9. The standard InChI is InChI=1S/C17H25N3O/c1-19(2)12-6-7-13-20-15(14-8-4-3-5-9-14)18-17(10-11-17)16(20)21/h3-5,8-9,15,18H,6-7,10-13H2,1-2H3. The molecule has 1 heterocycles. The minimum absolute atomic E-state index is 0.0561. The lowest BCUT2D eigenvalue weighted by atomic mass is 10.1. The summed E-state index contributed by atoms with van der Waals surface area (Å²) in [6.45, 7) is 1.93. The van der Waals surface area contributed by atoms with Gasteiger partial charge in [-0.3, -0.25) is 10.1 Å². The van der Waals surface area contributed by atoms with Crippen LogP contribution in [0, 0.1) is 0 Å². The summed E-state index contributed by atoms with van der Waals surface area (Å²) < 4.78 is 0. The second kappa shape index (κ2) is 5.78. The summed E-state index contributed by atoms with van der Waals surface area (Å²) >= 11 is 0. The zero-order valence-corrected chi connectivity index (χ0v) is 13.0. The summed E-state index contributed by atoms with van der Waals surface area (Å²) in [5.74, 6) is 0.307. The highest BCUT2D eigenvalue weighted by Crippen LogP contribution is 2.45. The van der Waals surface area contributed by atoms with Crippen molar-refractivity contribution in [2.45, 2.75) is 37.4 Å². The molecular weight excluding hydrogens is 262 g/mol. The molecule has 1 saturated heterocycles. The van der Waals surface area contributed by atoms with Crippen molar-refractivity contribution in [2.75, 3.05) is 27.2 Å². The summed E-state index contributed by atoms with van der Waals surface area (Å²) in [6, 6.07) is 10.3. The van der Waals surface area contributed by atoms with Crippen LogP contribution in [-0.2, 0) is 4.79 Å². The normalized spacial score (nSPS) is 23.3. The number of carbonyl (C=O) groups is 1. The molecule has 1 amide bonds. The minimum atomic E-state index is -0.234. The summed E-state index contributed by atoms with van der Waals surface area (Å²) in [5, 5.41) is 3.57. The number of carbonyl (C=O) groups excluding carboxylic acids is 1. The lowest BCUT2D eigenvalue weighted by Gasteiger charge is -2.24. The van der Waals surface area contributed by atoms with Crippen molar-refractivity contribution in [3.63, 3.8) is 0 Å². The quantitative estimate of drug-likeness (QED) is 0.813. The summed E-state index contributed by atoms with van der Waals surface area (Å²) in [6.07, 6.45) is 4.23. The molecule has 4 heteroatoms. The maximum absolute atomic E-state index is 12.7. The van der Waals surface area contributed by atoms with Crippen molar-refractivity contribution in [1.82, 2.24) is 15.1 Å². The fourth-order valence-corrected chi connectivity index (χ4v) is 3.12. The number of hydrogen-bond donors (Lipinski definition) is 1. The maximum Gasteiger partial charge on any atom is 0.244 e. The fraction of sp³-hybridized carbons (Fsp3) is 0.588. The van der Waals surface area contributed by atoms with Gasteiger partial charge in [-0.05, 0) is 51.9 Å². The van der Waals surface area contributed by atoms with E-state index in [-0.39, 0.29) is 11.7 Å². The highest BCUT2D eigenvalue weighted by atomic mass is 16.2. The lowest BCUT2D eigenvalue weighted by Crippen LogP contribution is -2.33. The third kappa shape index (κ3) is 2.97. The van der Waals surface area contributed by atoms with E-state index in [1.165, 1.54) is 5.56 Å². The first kappa shape index (κ1) is 14.5. The summed E-state index contributed by atoms with van der Waals surface area (Å²) in [7, 11) is 4.18. The van der Waals surface area contributed by atoms with E-state index in [1.807, 2.05) is 18.2 Å². The van der Waals surface area contributed by atoms with E-state index >= 15 is 0 Å². The van der Waals surface area contributed by atoms with E-state index < -0.39 is 0 Å². The van der Waals surface area contributed by atoms with Gasteiger partial charge in [-0.15, -0.1) is 0 Å². The Morgan fingerprint density at radius 2 is 1.95 bits per heavy atom. The Morgan fingerprint density at radius 1 is 1.24 bits per heavy atom. The topological polar surface area (TPSA) is 35.6 Å². The van der Waals surface area contributed by atoms with Crippen LogP contribution in [-0.4, -0.2) is 48.4 Å². The molecule has 1 N–H and O–H groups in total. The van der Waals surface area contributed by atoms with Crippen LogP contribution >= 0.6 is 0 Å². The number of nitrogens with one attached hydrogen (secondary N) is 1. The van der Waals surface area contributed by atoms with Crippen LogP contribution in [0.1, 0.15) is 37.4 Å². The predicted octanol–water partition coefficient (Wildman–Crippen LogP) is 1.99. The first-order valence-corrected chi connectivity index (χ1v) is 7.91. The Bertz CT molecular complexity index is 496. The number of rotatable bonds is 6. The van der Waals surface area contributed by atoms with Crippen LogP contribution in [0.3, 0.4) is 0 Å². The van der Waals surface area contributed by atoms with Crippen LogP contribution in [0.4, 0.5) is 0 Å². The third-order valence-corrected chi connectivity index (χ3v) is 4.51. The zero-order valence-electron chi connectivity index (χ0n) is 13.0. The van der Waals surface area contributed by atoms with E-state index in [4.69, 9.17) is 0 Å². The molecule has 114 valence electrons. The molecule has 1 atom stereocenters. The smallest absolute Gasteiger partial charge is 0.244 e. The molecule has 1 aromatic rings. The predicted molar refractivity (Wildman–Crippen MR) is 83.8 cm³/mol. The molecule has 1 aliphatic carbocycles. The number of benzene rings is 1. The van der Waals surface area contributed by atoms with Crippen LogP contribution in [0.25, 0.3) is 0 Å². The SMILES string of the molecule is CN(C)CCCCN1C(=O)C2(CC2)NC1c1ccccc1. The van der Waals surface area contributed by atoms with Gasteiger partial charge in [0.25, 0.3) is 0 Å². The van der Waals surface area contributed by atoms with Gasteiger partial charge in [0, 0.05) is 6.54 Å². The van der Waals surface area contributed by atoms with Crippen LogP contribution in [0.5, 0.6) is 0 Å². The average molecular weight is 287 g/mol. The zero-order chi connectivity index (χ0) is 14.9. The highest BCUT2D eigenvalue weighted by Gasteiger charge is 2.59. The van der Waals surface area contributed by atoms with Crippen LogP contribution in [0.15, 0.2) is 30.3 Å². The van der Waals surface area contributed by atoms with Gasteiger partial charge in [0.05, 0.1) is 0 Å². The van der Waals surface area contributed by atoms with E-state index in [9.17, 15) is 4.79 Å². The molecule has 1 saturated carbocycles. The first-order chi connectivity index (χ1) is 10.1. The van der Waals surface area contributed by atoms with Gasteiger partial charge in [-0.2, -0.15) is 0 Å². The minimum Gasteiger partial charge on any atom is -0.321 e. The van der Waals surface area contributed by atoms with E-state index in [1.54, 1.807) is 0 Å². The molecule has 0 radical (unpaired) electrons. The van der Waals surface area contributed by atoms with E-state index in [0.29, 0.717) is 5.91 Å². The van der Waals surface area contributed by atoms with Crippen molar-refractivity contribution in [3.8, 4) is 0 Å². The van der Waals surface area contributed by atoms with E-state index in [2.05, 4.69) is 41.3 Å². The molecule has 1 aliphatic heterocycles. The van der Waals surface area contributed by atoms with Gasteiger partial charge in [-0.1, -0.05) is 30.3 Å². The Balaban J connectivity index is 1.67. The second-order valence-electron chi connectivity index (χ2n) is 6.55. The van der Waals surface area contributed by atoms with Crippen molar-refractivity contribution in [1.29, 1.82) is 0 Å². The first-order valence-electron chi connectivity index (χ1n) is 7.91. The molecule has 3 rings (SSSR count). The third-order valence-electron chi connectivity index (χ3n) is 4.51. The van der Waals surface area contributed by atoms with Crippen molar-refractivity contribution >= 4 is 5.91 Å². The molecule has 4 nitrogen and oxygen atoms in total. The lowest BCUT2D eigenvalue weighted by molar-refractivity contribution is -0.130. The number of amides is 1. The number of hydrogen-bond acceptors (Lipinski definition) is 3. The van der Waals surface area contributed by atoms with Crippen molar-refractivity contribution in [2.24, 2.45) is 0 Å². The molecule has 2 aliphatic rings. The van der Waals surface area contributed by atoms with Gasteiger partial charge >= 0.3 is 0 Å². The molecule has 0 aromatic heterocycles. The van der Waals surface area contributed by atoms with Crippen molar-refractivity contribution < 1.29 is 4.79 Å². The maximum atomic E-state index is 12.7. The highest BCUT2D eigenvalue weighted by molar-refractivity contribution is 5.92. The molecular formula is C17H25N3O. The number of unbranched alkanes of at least 4 members (excludes halogenated alkanes) is 1. The second-order valence-corrected chi connectivity index (χ2v) is 6.55. The Hall–Kier alpha value is -1.39. The largest absolute Gasteiger partial charge is 0.321 e. The Kier molecular flexibility index (Phi) is 4.00. The van der Waals surface area contributed by atoms with Crippen LogP contribution in [0.2, 0.25) is 0 Å². The van der Waals surface area contributed by atoms with Gasteiger partial charge in [0.2, 0.25) is 5.91 Å². The Morgan fingerprint density at radius 3 is 2.57 bits per heavy atom. The van der Waals surface area contributed by atoms with Crippen LogP contribution < -0.4 is 5.32 Å². The monoisotopic (exact) mass is 287 g/mol. The molecule has 1 unspecified atom stereocenters. The van der Waals surface area contributed by atoms with E-state index in [0.717, 1.165) is 38.8 Å². The molecule has 1 spiro atoms. The molecule has 2 fully saturated rings. The Labute approximate surface area is 127 Å². The molecule has 1 aromatic carbocycles. The average Bonchev–Trinajstić information content (AvgIpc) is 3.21. The summed E-state index contributed by atoms with van der Waals surface area (Å²) in [5.41, 5.74) is 0.962. The van der Waals surface area contributed by atoms with Gasteiger partial charge in [0.1, 0.15) is 11.7 Å². The van der Waals surface area contributed by atoms with Crippen molar-refractivity contribution in [3.05, 3.63) is 35.9 Å². The van der Waals surface area contributed by atoms with Gasteiger partial charge in [0.15, 0.2) is 0 Å². The fourth-order valence-electron chi connectivity index (χ4n) is 3.12. The van der Waals surface area contributed by atoms with Gasteiger partial charge < -0.3 is 9.80 Å². The van der Waals surface area contributed by atoms with Gasteiger partial charge in [-0.25, -0.2) is 0 Å². The molecule has 21 heavy (non-hydrogen) atoms. The molecule has 0 bridgehead atoms.